The van der Waals surface area contributed by atoms with Gasteiger partial charge in [0.25, 0.3) is 5.91 Å². The van der Waals surface area contributed by atoms with Crippen LogP contribution in [-0.2, 0) is 4.74 Å². The lowest BCUT2D eigenvalue weighted by molar-refractivity contribution is -0.122. The molecule has 2 aromatic rings. The fourth-order valence-corrected chi connectivity index (χ4v) is 3.31. The Morgan fingerprint density at radius 1 is 1.29 bits per heavy atom. The second-order valence-electron chi connectivity index (χ2n) is 6.15. The van der Waals surface area contributed by atoms with E-state index in [1.807, 2.05) is 12.1 Å². The lowest BCUT2D eigenvalue weighted by atomic mass is 9.81. The van der Waals surface area contributed by atoms with E-state index in [4.69, 9.17) is 9.47 Å². The summed E-state index contributed by atoms with van der Waals surface area (Å²) in [6, 6.07) is 3.74. The van der Waals surface area contributed by atoms with Gasteiger partial charge >= 0.3 is 0 Å². The number of carbonyl (C=O) groups excluding carboxylic acids is 1. The highest BCUT2D eigenvalue weighted by atomic mass is 16.5. The molecule has 0 unspecified atom stereocenters. The average Bonchev–Trinajstić information content (AvgIpc) is 3.04. The van der Waals surface area contributed by atoms with Gasteiger partial charge in [-0.1, -0.05) is 0 Å². The lowest BCUT2D eigenvalue weighted by Crippen LogP contribution is -2.66. The molecule has 124 valence electrons. The molecule has 0 aliphatic carbocycles. The van der Waals surface area contributed by atoms with Crippen LogP contribution < -0.4 is 4.74 Å². The Hall–Kier alpha value is -2.54. The van der Waals surface area contributed by atoms with Crippen molar-refractivity contribution in [1.82, 2.24) is 19.9 Å². The molecule has 7 nitrogen and oxygen atoms in total. The Labute approximate surface area is 139 Å². The van der Waals surface area contributed by atoms with Crippen molar-refractivity contribution < 1.29 is 14.3 Å². The Bertz CT molecular complexity index is 704. The van der Waals surface area contributed by atoms with Gasteiger partial charge in [0, 0.05) is 31.1 Å². The molecule has 7 heteroatoms. The number of pyridine rings is 1. The zero-order valence-electron chi connectivity index (χ0n) is 13.2. The van der Waals surface area contributed by atoms with Gasteiger partial charge in [0.2, 0.25) is 0 Å². The molecule has 0 bridgehead atoms. The van der Waals surface area contributed by atoms with Crippen LogP contribution in [0.3, 0.4) is 0 Å². The summed E-state index contributed by atoms with van der Waals surface area (Å²) in [5.74, 6) is 0.922. The normalized spacial score (nSPS) is 21.5. The molecule has 2 aliphatic heterocycles. The second-order valence-corrected chi connectivity index (χ2v) is 6.15. The van der Waals surface area contributed by atoms with E-state index in [0.29, 0.717) is 32.0 Å². The van der Waals surface area contributed by atoms with Crippen molar-refractivity contribution in [3.8, 4) is 5.75 Å². The molecule has 24 heavy (non-hydrogen) atoms. The number of ether oxygens (including phenoxy) is 2. The van der Waals surface area contributed by atoms with Crippen LogP contribution in [0, 0.1) is 5.92 Å². The van der Waals surface area contributed by atoms with Crippen molar-refractivity contribution in [3.63, 3.8) is 0 Å². The van der Waals surface area contributed by atoms with Crippen molar-refractivity contribution in [2.45, 2.75) is 12.0 Å². The standard InChI is InChI=1S/C17H18N4O3/c22-16(15-9-19-5-6-20-15)21-11-17(12-21)13(3-7-24-17)10-23-14-2-1-4-18-8-14/h1-2,4-6,8-9,13H,3,7,10-12H2/t13-/m0/s1. The summed E-state index contributed by atoms with van der Waals surface area (Å²) in [6.07, 6.45) is 8.93. The van der Waals surface area contributed by atoms with Crippen LogP contribution in [0.2, 0.25) is 0 Å². The molecule has 1 atom stereocenters. The van der Waals surface area contributed by atoms with E-state index in [9.17, 15) is 4.79 Å². The summed E-state index contributed by atoms with van der Waals surface area (Å²) < 4.78 is 11.8. The topological polar surface area (TPSA) is 77.4 Å². The summed E-state index contributed by atoms with van der Waals surface area (Å²) in [6.45, 7) is 2.42. The molecule has 0 radical (unpaired) electrons. The maximum absolute atomic E-state index is 12.4. The summed E-state index contributed by atoms with van der Waals surface area (Å²) in [4.78, 5) is 26.2. The monoisotopic (exact) mass is 326 g/mol. The molecule has 2 saturated heterocycles. The Kier molecular flexibility index (Phi) is 3.86. The second kappa shape index (κ2) is 6.16. The maximum Gasteiger partial charge on any atom is 0.274 e. The van der Waals surface area contributed by atoms with E-state index in [2.05, 4.69) is 15.0 Å². The highest BCUT2D eigenvalue weighted by Gasteiger charge is 2.55. The molecule has 1 spiro atoms. The van der Waals surface area contributed by atoms with E-state index >= 15 is 0 Å². The van der Waals surface area contributed by atoms with Crippen LogP contribution in [0.5, 0.6) is 5.75 Å². The first kappa shape index (κ1) is 15.0. The first-order chi connectivity index (χ1) is 11.8. The van der Waals surface area contributed by atoms with Crippen LogP contribution in [-0.4, -0.2) is 57.7 Å². The minimum absolute atomic E-state index is 0.101. The van der Waals surface area contributed by atoms with Gasteiger partial charge < -0.3 is 14.4 Å². The molecule has 4 heterocycles. The third kappa shape index (κ3) is 2.71. The van der Waals surface area contributed by atoms with Crippen molar-refractivity contribution >= 4 is 5.91 Å². The Morgan fingerprint density at radius 3 is 2.92 bits per heavy atom. The Balaban J connectivity index is 1.37. The lowest BCUT2D eigenvalue weighted by Gasteiger charge is -2.49. The van der Waals surface area contributed by atoms with E-state index in [0.717, 1.165) is 12.2 Å². The predicted octanol–water partition coefficient (Wildman–Crippen LogP) is 1.18. The van der Waals surface area contributed by atoms with Gasteiger partial charge in [0.15, 0.2) is 0 Å². The molecule has 2 aliphatic rings. The van der Waals surface area contributed by atoms with Crippen LogP contribution in [0.25, 0.3) is 0 Å². The molecular weight excluding hydrogens is 308 g/mol. The van der Waals surface area contributed by atoms with Crippen molar-refractivity contribution in [1.29, 1.82) is 0 Å². The van der Waals surface area contributed by atoms with Gasteiger partial charge in [-0.2, -0.15) is 0 Å². The van der Waals surface area contributed by atoms with Crippen LogP contribution in [0.1, 0.15) is 16.9 Å². The predicted molar refractivity (Wildman–Crippen MR) is 84.5 cm³/mol. The van der Waals surface area contributed by atoms with E-state index < -0.39 is 0 Å². The number of likely N-dealkylation sites (tertiary alicyclic amines) is 1. The highest BCUT2D eigenvalue weighted by Crippen LogP contribution is 2.40. The fraction of sp³-hybridized carbons (Fsp3) is 0.412. The number of nitrogens with zero attached hydrogens (tertiary/aromatic N) is 4. The van der Waals surface area contributed by atoms with Gasteiger partial charge in [0.05, 0.1) is 32.1 Å². The first-order valence-corrected chi connectivity index (χ1v) is 7.99. The van der Waals surface area contributed by atoms with Crippen molar-refractivity contribution in [2.24, 2.45) is 5.92 Å². The summed E-state index contributed by atoms with van der Waals surface area (Å²) in [7, 11) is 0. The first-order valence-electron chi connectivity index (χ1n) is 7.99. The number of hydrogen-bond acceptors (Lipinski definition) is 6. The van der Waals surface area contributed by atoms with Crippen LogP contribution in [0.15, 0.2) is 43.1 Å². The van der Waals surface area contributed by atoms with Gasteiger partial charge in [-0.3, -0.25) is 14.8 Å². The van der Waals surface area contributed by atoms with Crippen molar-refractivity contribution in [2.75, 3.05) is 26.3 Å². The quantitative estimate of drug-likeness (QED) is 0.840. The van der Waals surface area contributed by atoms with E-state index in [1.165, 1.54) is 12.4 Å². The zero-order chi connectivity index (χ0) is 16.4. The Morgan fingerprint density at radius 2 is 2.17 bits per heavy atom. The van der Waals surface area contributed by atoms with E-state index in [1.54, 1.807) is 23.5 Å². The highest BCUT2D eigenvalue weighted by molar-refractivity contribution is 5.92. The molecule has 0 aromatic carbocycles. The molecule has 2 fully saturated rings. The van der Waals surface area contributed by atoms with E-state index in [-0.39, 0.29) is 17.4 Å². The summed E-state index contributed by atoms with van der Waals surface area (Å²) in [5.41, 5.74) is 0.0774. The fourth-order valence-electron chi connectivity index (χ4n) is 3.31. The van der Waals surface area contributed by atoms with Crippen LogP contribution in [0.4, 0.5) is 0 Å². The van der Waals surface area contributed by atoms with Crippen LogP contribution >= 0.6 is 0 Å². The minimum Gasteiger partial charge on any atom is -0.492 e. The summed E-state index contributed by atoms with van der Waals surface area (Å²) >= 11 is 0. The molecule has 1 amide bonds. The number of amides is 1. The average molecular weight is 326 g/mol. The third-order valence-corrected chi connectivity index (χ3v) is 4.67. The number of aromatic nitrogens is 3. The molecule has 0 N–H and O–H groups in total. The molecule has 0 saturated carbocycles. The summed E-state index contributed by atoms with van der Waals surface area (Å²) in [5, 5.41) is 0. The molecule has 4 rings (SSSR count). The SMILES string of the molecule is O=C(c1cnccn1)N1CC2(C1)OCC[C@H]2COc1cccnc1. The number of hydrogen-bond donors (Lipinski definition) is 0. The molecular formula is C17H18N4O3. The van der Waals surface area contributed by atoms with Gasteiger partial charge in [0.1, 0.15) is 17.0 Å². The van der Waals surface area contributed by atoms with Crippen molar-refractivity contribution in [3.05, 3.63) is 48.8 Å². The number of rotatable bonds is 4. The number of carbonyl (C=O) groups is 1. The van der Waals surface area contributed by atoms with Gasteiger partial charge in [-0.05, 0) is 18.6 Å². The maximum atomic E-state index is 12.4. The van der Waals surface area contributed by atoms with Gasteiger partial charge in [-0.25, -0.2) is 4.98 Å². The smallest absolute Gasteiger partial charge is 0.274 e. The molecule has 2 aromatic heterocycles. The zero-order valence-corrected chi connectivity index (χ0v) is 13.2. The minimum atomic E-state index is -0.292. The van der Waals surface area contributed by atoms with Gasteiger partial charge in [-0.15, -0.1) is 0 Å². The largest absolute Gasteiger partial charge is 0.492 e. The third-order valence-electron chi connectivity index (χ3n) is 4.67.